The maximum absolute atomic E-state index is 5.28. The van der Waals surface area contributed by atoms with Crippen LogP contribution >= 0.6 is 11.3 Å². The van der Waals surface area contributed by atoms with E-state index in [1.54, 1.807) is 7.11 Å². The number of thiazole rings is 1. The summed E-state index contributed by atoms with van der Waals surface area (Å²) in [6.45, 7) is 1.46. The van der Waals surface area contributed by atoms with Crippen LogP contribution in [0.2, 0.25) is 0 Å². The van der Waals surface area contributed by atoms with Gasteiger partial charge in [0.15, 0.2) is 0 Å². The van der Waals surface area contributed by atoms with Gasteiger partial charge >= 0.3 is 0 Å². The summed E-state index contributed by atoms with van der Waals surface area (Å²) in [5.41, 5.74) is 4.03. The molecule has 0 amide bonds. The van der Waals surface area contributed by atoms with Gasteiger partial charge in [0, 0.05) is 24.4 Å². The lowest BCUT2D eigenvalue weighted by Crippen LogP contribution is -2.06. The molecule has 0 fully saturated rings. The molecular formula is C16H20N2OS. The number of ether oxygens (including phenoxy) is 1. The minimum atomic E-state index is 0.470. The van der Waals surface area contributed by atoms with Gasteiger partial charge in [-0.25, -0.2) is 4.98 Å². The van der Waals surface area contributed by atoms with Gasteiger partial charge in [0.25, 0.3) is 0 Å². The molecule has 106 valence electrons. The second kappa shape index (κ2) is 6.04. The van der Waals surface area contributed by atoms with Crippen molar-refractivity contribution in [1.29, 1.82) is 0 Å². The van der Waals surface area contributed by atoms with Gasteiger partial charge in [0.05, 0.1) is 12.3 Å². The van der Waals surface area contributed by atoms with E-state index in [1.807, 2.05) is 18.4 Å². The predicted molar refractivity (Wildman–Crippen MR) is 82.2 cm³/mol. The number of hydrogen-bond donors (Lipinski definition) is 1. The van der Waals surface area contributed by atoms with Crippen molar-refractivity contribution in [3.05, 3.63) is 51.0 Å². The van der Waals surface area contributed by atoms with Crippen molar-refractivity contribution < 1.29 is 4.74 Å². The zero-order chi connectivity index (χ0) is 13.9. The molecule has 0 aliphatic heterocycles. The van der Waals surface area contributed by atoms with E-state index < -0.39 is 0 Å². The summed E-state index contributed by atoms with van der Waals surface area (Å²) >= 11 is 1.83. The first-order chi connectivity index (χ1) is 9.83. The summed E-state index contributed by atoms with van der Waals surface area (Å²) in [4.78, 5) is 6.15. The second-order valence-electron chi connectivity index (χ2n) is 5.18. The van der Waals surface area contributed by atoms with Crippen LogP contribution in [0.3, 0.4) is 0 Å². The molecule has 0 radical (unpaired) electrons. The lowest BCUT2D eigenvalue weighted by atomic mass is 10.0. The molecule has 1 heterocycles. The van der Waals surface area contributed by atoms with E-state index in [1.165, 1.54) is 33.9 Å². The first-order valence-electron chi connectivity index (χ1n) is 7.03. The van der Waals surface area contributed by atoms with Gasteiger partial charge in [0.2, 0.25) is 0 Å². The maximum atomic E-state index is 5.28. The largest absolute Gasteiger partial charge is 0.378 e. The third kappa shape index (κ3) is 2.51. The number of aryl methyl sites for hydroxylation is 1. The van der Waals surface area contributed by atoms with Crippen molar-refractivity contribution in [3.8, 4) is 0 Å². The van der Waals surface area contributed by atoms with E-state index >= 15 is 0 Å². The van der Waals surface area contributed by atoms with E-state index in [4.69, 9.17) is 9.72 Å². The van der Waals surface area contributed by atoms with Crippen molar-refractivity contribution in [1.82, 2.24) is 10.3 Å². The summed E-state index contributed by atoms with van der Waals surface area (Å²) < 4.78 is 5.28. The number of benzene rings is 1. The Morgan fingerprint density at radius 3 is 3.05 bits per heavy atom. The van der Waals surface area contributed by atoms with E-state index in [2.05, 4.69) is 29.6 Å². The number of hydrogen-bond acceptors (Lipinski definition) is 4. The predicted octanol–water partition coefficient (Wildman–Crippen LogP) is 3.09. The van der Waals surface area contributed by atoms with Crippen LogP contribution in [0.5, 0.6) is 0 Å². The quantitative estimate of drug-likeness (QED) is 0.918. The maximum Gasteiger partial charge on any atom is 0.101 e. The van der Waals surface area contributed by atoms with Crippen molar-refractivity contribution in [2.24, 2.45) is 0 Å². The number of methoxy groups -OCH3 is 1. The fourth-order valence-corrected chi connectivity index (χ4v) is 4.15. The van der Waals surface area contributed by atoms with Gasteiger partial charge in [-0.3, -0.25) is 0 Å². The van der Waals surface area contributed by atoms with Crippen LogP contribution in [0.1, 0.15) is 39.0 Å². The summed E-state index contributed by atoms with van der Waals surface area (Å²) in [7, 11) is 3.70. The van der Waals surface area contributed by atoms with Crippen LogP contribution in [0.4, 0.5) is 0 Å². The highest BCUT2D eigenvalue weighted by molar-refractivity contribution is 7.11. The van der Waals surface area contributed by atoms with Gasteiger partial charge in [-0.15, -0.1) is 11.3 Å². The Labute approximate surface area is 124 Å². The normalized spacial score (nSPS) is 17.4. The highest BCUT2D eigenvalue weighted by Crippen LogP contribution is 2.40. The van der Waals surface area contributed by atoms with Crippen LogP contribution in [0.25, 0.3) is 0 Å². The highest BCUT2D eigenvalue weighted by Gasteiger charge is 2.27. The van der Waals surface area contributed by atoms with Crippen LogP contribution < -0.4 is 5.32 Å². The lowest BCUT2D eigenvalue weighted by Gasteiger charge is -2.07. The molecule has 1 aromatic heterocycles. The molecule has 2 aromatic rings. The Bertz CT molecular complexity index is 570. The highest BCUT2D eigenvalue weighted by atomic mass is 32.1. The molecule has 1 unspecified atom stereocenters. The van der Waals surface area contributed by atoms with Crippen molar-refractivity contribution in [2.75, 3.05) is 14.2 Å². The lowest BCUT2D eigenvalue weighted by molar-refractivity contribution is 0.181. The standard InChI is InChI=1S/C16H20N2OS/c1-17-9-15-14(10-19-2)18-16(20-15)13-8-7-11-5-3-4-6-12(11)13/h3-6,13,17H,7-10H2,1-2H3. The Hall–Kier alpha value is -1.23. The minimum Gasteiger partial charge on any atom is -0.378 e. The number of nitrogens with one attached hydrogen (secondary N) is 1. The first-order valence-corrected chi connectivity index (χ1v) is 7.85. The number of nitrogens with zero attached hydrogens (tertiary/aromatic N) is 1. The monoisotopic (exact) mass is 288 g/mol. The molecule has 1 atom stereocenters. The summed E-state index contributed by atoms with van der Waals surface area (Å²) in [5.74, 6) is 0.470. The van der Waals surface area contributed by atoms with Crippen molar-refractivity contribution in [3.63, 3.8) is 0 Å². The van der Waals surface area contributed by atoms with Crippen molar-refractivity contribution >= 4 is 11.3 Å². The zero-order valence-corrected chi connectivity index (χ0v) is 12.8. The van der Waals surface area contributed by atoms with Crippen molar-refractivity contribution in [2.45, 2.75) is 31.9 Å². The Kier molecular flexibility index (Phi) is 4.15. The topological polar surface area (TPSA) is 34.2 Å². The fourth-order valence-electron chi connectivity index (χ4n) is 2.91. The third-order valence-electron chi connectivity index (χ3n) is 3.84. The van der Waals surface area contributed by atoms with Crippen LogP contribution in [0.15, 0.2) is 24.3 Å². The molecule has 0 bridgehead atoms. The summed E-state index contributed by atoms with van der Waals surface area (Å²) in [6.07, 6.45) is 2.35. The van der Waals surface area contributed by atoms with Gasteiger partial charge in [-0.2, -0.15) is 0 Å². The third-order valence-corrected chi connectivity index (χ3v) is 5.06. The van der Waals surface area contributed by atoms with Gasteiger partial charge in [-0.1, -0.05) is 24.3 Å². The molecule has 4 heteroatoms. The number of aromatic nitrogens is 1. The molecule has 0 spiro atoms. The van der Waals surface area contributed by atoms with Crippen LogP contribution in [-0.4, -0.2) is 19.1 Å². The molecule has 3 rings (SSSR count). The second-order valence-corrected chi connectivity index (χ2v) is 6.29. The minimum absolute atomic E-state index is 0.470. The molecular weight excluding hydrogens is 268 g/mol. The Morgan fingerprint density at radius 2 is 2.25 bits per heavy atom. The SMILES string of the molecule is CNCc1sc(C2CCc3ccccc32)nc1COC. The first kappa shape index (κ1) is 13.7. The fraction of sp³-hybridized carbons (Fsp3) is 0.438. The average Bonchev–Trinajstić information content (AvgIpc) is 3.04. The van der Waals surface area contributed by atoms with Gasteiger partial charge in [0.1, 0.15) is 5.01 Å². The molecule has 20 heavy (non-hydrogen) atoms. The number of rotatable bonds is 5. The smallest absolute Gasteiger partial charge is 0.101 e. The molecule has 3 nitrogen and oxygen atoms in total. The van der Waals surface area contributed by atoms with Crippen LogP contribution in [0, 0.1) is 0 Å². The Morgan fingerprint density at radius 1 is 1.40 bits per heavy atom. The van der Waals surface area contributed by atoms with E-state index in [9.17, 15) is 0 Å². The van der Waals surface area contributed by atoms with E-state index in [0.717, 1.165) is 12.2 Å². The van der Waals surface area contributed by atoms with Gasteiger partial charge in [-0.05, 0) is 31.0 Å². The summed E-state index contributed by atoms with van der Waals surface area (Å²) in [5, 5.41) is 4.46. The molecule has 1 aromatic carbocycles. The number of fused-ring (bicyclic) bond motifs is 1. The average molecular weight is 288 g/mol. The van der Waals surface area contributed by atoms with Crippen LogP contribution in [-0.2, 0) is 24.3 Å². The zero-order valence-electron chi connectivity index (χ0n) is 12.0. The van der Waals surface area contributed by atoms with E-state index in [-0.39, 0.29) is 0 Å². The Balaban J connectivity index is 1.93. The molecule has 0 saturated heterocycles. The van der Waals surface area contributed by atoms with E-state index in [0.29, 0.717) is 12.5 Å². The molecule has 1 aliphatic rings. The summed E-state index contributed by atoms with van der Waals surface area (Å²) in [6, 6.07) is 8.76. The molecule has 0 saturated carbocycles. The molecule has 1 N–H and O–H groups in total. The molecule has 1 aliphatic carbocycles. The van der Waals surface area contributed by atoms with Gasteiger partial charge < -0.3 is 10.1 Å².